The van der Waals surface area contributed by atoms with Gasteiger partial charge in [0.15, 0.2) is 0 Å². The monoisotopic (exact) mass is 373 g/mol. The summed E-state index contributed by atoms with van der Waals surface area (Å²) in [7, 11) is 0. The van der Waals surface area contributed by atoms with Crippen LogP contribution in [0.15, 0.2) is 36.5 Å². The number of anilines is 1. The van der Waals surface area contributed by atoms with Gasteiger partial charge in [0.05, 0.1) is 0 Å². The summed E-state index contributed by atoms with van der Waals surface area (Å²) in [6.07, 6.45) is 2.38. The Kier molecular flexibility index (Phi) is 6.41. The smallest absolute Gasteiger partial charge is 0.270 e. The Balaban J connectivity index is 1.54. The Hall–Kier alpha value is -2.18. The molecule has 1 amide bonds. The number of nitrogens with zero attached hydrogens (tertiary/aromatic N) is 4. The first-order valence-electron chi connectivity index (χ1n) is 8.98. The molecule has 138 valence electrons. The number of benzene rings is 1. The number of aromatic nitrogens is 2. The molecule has 2 aromatic rings. The van der Waals surface area contributed by atoms with Crippen LogP contribution in [0.5, 0.6) is 0 Å². The maximum Gasteiger partial charge on any atom is 0.270 e. The lowest BCUT2D eigenvalue weighted by atomic mass is 10.1. The predicted octanol–water partition coefficient (Wildman–Crippen LogP) is 2.24. The zero-order valence-electron chi connectivity index (χ0n) is 15.0. The Bertz CT molecular complexity index is 746. The second-order valence-corrected chi connectivity index (χ2v) is 6.74. The molecule has 0 spiro atoms. The summed E-state index contributed by atoms with van der Waals surface area (Å²) < 4.78 is 0. The highest BCUT2D eigenvalue weighted by molar-refractivity contribution is 6.30. The van der Waals surface area contributed by atoms with Crippen molar-refractivity contribution in [3.63, 3.8) is 0 Å². The van der Waals surface area contributed by atoms with Crippen molar-refractivity contribution in [3.8, 4) is 0 Å². The molecule has 1 aliphatic heterocycles. The fourth-order valence-electron chi connectivity index (χ4n) is 2.99. The number of hydrogen-bond acceptors (Lipinski definition) is 5. The van der Waals surface area contributed by atoms with Gasteiger partial charge in [0.25, 0.3) is 5.91 Å². The molecule has 0 aliphatic carbocycles. The van der Waals surface area contributed by atoms with Gasteiger partial charge >= 0.3 is 0 Å². The molecular weight excluding hydrogens is 350 g/mol. The van der Waals surface area contributed by atoms with Crippen molar-refractivity contribution >= 4 is 23.5 Å². The number of carbonyl (C=O) groups is 1. The van der Waals surface area contributed by atoms with E-state index in [9.17, 15) is 4.79 Å². The van der Waals surface area contributed by atoms with Gasteiger partial charge in [0, 0.05) is 43.9 Å². The lowest BCUT2D eigenvalue weighted by Crippen LogP contribution is -2.46. The molecule has 1 aliphatic rings. The third-order valence-corrected chi connectivity index (χ3v) is 4.80. The molecule has 1 N–H and O–H groups in total. The number of halogens is 1. The third kappa shape index (κ3) is 4.93. The number of nitrogens with one attached hydrogen (secondary N) is 1. The van der Waals surface area contributed by atoms with Gasteiger partial charge in [-0.1, -0.05) is 30.7 Å². The molecule has 0 radical (unpaired) electrons. The van der Waals surface area contributed by atoms with Crippen LogP contribution in [-0.4, -0.2) is 60.0 Å². The molecule has 0 unspecified atom stereocenters. The maximum atomic E-state index is 12.4. The van der Waals surface area contributed by atoms with Crippen LogP contribution in [0.25, 0.3) is 0 Å². The normalized spacial score (nSPS) is 15.1. The van der Waals surface area contributed by atoms with E-state index in [1.54, 1.807) is 12.3 Å². The molecule has 1 aromatic heterocycles. The Morgan fingerprint density at radius 3 is 2.77 bits per heavy atom. The zero-order valence-corrected chi connectivity index (χ0v) is 15.7. The number of hydrogen-bond donors (Lipinski definition) is 1. The van der Waals surface area contributed by atoms with E-state index in [2.05, 4.69) is 32.0 Å². The van der Waals surface area contributed by atoms with Gasteiger partial charge in [-0.3, -0.25) is 4.79 Å². The first-order chi connectivity index (χ1) is 12.7. The molecular formula is C19H24ClN5O. The van der Waals surface area contributed by atoms with Gasteiger partial charge in [-0.05, 0) is 36.7 Å². The van der Waals surface area contributed by atoms with E-state index in [1.807, 2.05) is 24.3 Å². The SMILES string of the molecule is CCN1CCN(c2nccc(C(=O)NCCc3cccc(Cl)c3)n2)CC1. The van der Waals surface area contributed by atoms with Crippen molar-refractivity contribution in [1.29, 1.82) is 0 Å². The van der Waals surface area contributed by atoms with E-state index in [1.165, 1.54) is 0 Å². The van der Waals surface area contributed by atoms with Crippen molar-refractivity contribution in [3.05, 3.63) is 52.8 Å². The van der Waals surface area contributed by atoms with Crippen LogP contribution in [0.4, 0.5) is 5.95 Å². The van der Waals surface area contributed by atoms with Crippen LogP contribution >= 0.6 is 11.6 Å². The highest BCUT2D eigenvalue weighted by atomic mass is 35.5. The van der Waals surface area contributed by atoms with E-state index in [4.69, 9.17) is 11.6 Å². The van der Waals surface area contributed by atoms with Gasteiger partial charge in [0.2, 0.25) is 5.95 Å². The van der Waals surface area contributed by atoms with E-state index in [0.717, 1.165) is 44.7 Å². The first kappa shape index (κ1) is 18.6. The van der Waals surface area contributed by atoms with Gasteiger partial charge in [0.1, 0.15) is 5.69 Å². The third-order valence-electron chi connectivity index (χ3n) is 4.57. The van der Waals surface area contributed by atoms with E-state index in [-0.39, 0.29) is 5.91 Å². The molecule has 0 bridgehead atoms. The summed E-state index contributed by atoms with van der Waals surface area (Å²) in [6, 6.07) is 9.31. The van der Waals surface area contributed by atoms with E-state index >= 15 is 0 Å². The number of rotatable bonds is 6. The van der Waals surface area contributed by atoms with Crippen LogP contribution in [0, 0.1) is 0 Å². The second kappa shape index (κ2) is 8.96. The molecule has 0 saturated carbocycles. The number of carbonyl (C=O) groups excluding carboxylic acids is 1. The molecule has 26 heavy (non-hydrogen) atoms. The minimum Gasteiger partial charge on any atom is -0.350 e. The zero-order chi connectivity index (χ0) is 18.4. The molecule has 6 nitrogen and oxygen atoms in total. The lowest BCUT2D eigenvalue weighted by molar-refractivity contribution is 0.0949. The Morgan fingerprint density at radius 1 is 1.23 bits per heavy atom. The number of piperazine rings is 1. The van der Waals surface area contributed by atoms with Crippen LogP contribution in [-0.2, 0) is 6.42 Å². The summed E-state index contributed by atoms with van der Waals surface area (Å²) in [5.41, 5.74) is 1.49. The highest BCUT2D eigenvalue weighted by Crippen LogP contribution is 2.12. The average Bonchev–Trinajstić information content (AvgIpc) is 2.68. The number of amides is 1. The Morgan fingerprint density at radius 2 is 2.04 bits per heavy atom. The Labute approximate surface area is 159 Å². The molecule has 0 atom stereocenters. The predicted molar refractivity (Wildman–Crippen MR) is 104 cm³/mol. The van der Waals surface area contributed by atoms with E-state index < -0.39 is 0 Å². The van der Waals surface area contributed by atoms with Gasteiger partial charge in [-0.2, -0.15) is 0 Å². The molecule has 3 rings (SSSR count). The average molecular weight is 374 g/mol. The van der Waals surface area contributed by atoms with Crippen LogP contribution in [0.2, 0.25) is 5.02 Å². The van der Waals surface area contributed by atoms with Crippen LogP contribution in [0.1, 0.15) is 23.0 Å². The second-order valence-electron chi connectivity index (χ2n) is 6.30. The fraction of sp³-hybridized carbons (Fsp3) is 0.421. The molecule has 7 heteroatoms. The van der Waals surface area contributed by atoms with Crippen LogP contribution < -0.4 is 10.2 Å². The summed E-state index contributed by atoms with van der Waals surface area (Å²) in [6.45, 7) is 7.52. The van der Waals surface area contributed by atoms with Crippen molar-refractivity contribution in [2.75, 3.05) is 44.2 Å². The van der Waals surface area contributed by atoms with Crippen molar-refractivity contribution in [2.24, 2.45) is 0 Å². The molecule has 1 saturated heterocycles. The summed E-state index contributed by atoms with van der Waals surface area (Å²) in [5.74, 6) is 0.450. The fourth-order valence-corrected chi connectivity index (χ4v) is 3.21. The summed E-state index contributed by atoms with van der Waals surface area (Å²) in [5, 5.41) is 3.62. The standard InChI is InChI=1S/C19H24ClN5O/c1-2-24-10-12-25(13-11-24)19-22-9-7-17(23-19)18(26)21-8-6-15-4-3-5-16(20)14-15/h3-5,7,9,14H,2,6,8,10-13H2,1H3,(H,21,26). The van der Waals surface area contributed by atoms with Gasteiger partial charge in [-0.25, -0.2) is 9.97 Å². The minimum absolute atomic E-state index is 0.178. The summed E-state index contributed by atoms with van der Waals surface area (Å²) >= 11 is 5.98. The van der Waals surface area contributed by atoms with Crippen molar-refractivity contribution in [1.82, 2.24) is 20.2 Å². The van der Waals surface area contributed by atoms with E-state index in [0.29, 0.717) is 23.2 Å². The summed E-state index contributed by atoms with van der Waals surface area (Å²) in [4.78, 5) is 25.7. The molecule has 1 aromatic carbocycles. The maximum absolute atomic E-state index is 12.4. The largest absolute Gasteiger partial charge is 0.350 e. The topological polar surface area (TPSA) is 61.4 Å². The minimum atomic E-state index is -0.178. The van der Waals surface area contributed by atoms with Crippen LogP contribution in [0.3, 0.4) is 0 Å². The van der Waals surface area contributed by atoms with Gasteiger partial charge < -0.3 is 15.1 Å². The molecule has 2 heterocycles. The van der Waals surface area contributed by atoms with Crippen molar-refractivity contribution < 1.29 is 4.79 Å². The quantitative estimate of drug-likeness (QED) is 0.841. The number of likely N-dealkylation sites (N-methyl/N-ethyl adjacent to an activating group) is 1. The van der Waals surface area contributed by atoms with Gasteiger partial charge in [-0.15, -0.1) is 0 Å². The lowest BCUT2D eigenvalue weighted by Gasteiger charge is -2.34. The highest BCUT2D eigenvalue weighted by Gasteiger charge is 2.19. The first-order valence-corrected chi connectivity index (χ1v) is 9.36. The molecule has 1 fully saturated rings. The van der Waals surface area contributed by atoms with Crippen molar-refractivity contribution in [2.45, 2.75) is 13.3 Å².